The van der Waals surface area contributed by atoms with Gasteiger partial charge >= 0.3 is 6.03 Å². The standard InChI is InChI=1S/C16H26N4O/c1-4-16(3,5-2)18-15(21)20-12-10-19(11-13-20)14-6-8-17-9-7-14/h6-9H,4-5,10-13H2,1-3H3,(H,18,21). The number of pyridine rings is 1. The molecule has 5 nitrogen and oxygen atoms in total. The third-order valence-electron chi connectivity index (χ3n) is 4.56. The van der Waals surface area contributed by atoms with Gasteiger partial charge in [0.25, 0.3) is 0 Å². The number of hydrogen-bond donors (Lipinski definition) is 1. The number of urea groups is 1. The van der Waals surface area contributed by atoms with Crippen LogP contribution in [0.1, 0.15) is 33.6 Å². The molecule has 2 amide bonds. The molecule has 1 fully saturated rings. The van der Waals surface area contributed by atoms with Crippen molar-refractivity contribution < 1.29 is 4.79 Å². The number of nitrogens with one attached hydrogen (secondary N) is 1. The highest BCUT2D eigenvalue weighted by atomic mass is 16.2. The summed E-state index contributed by atoms with van der Waals surface area (Å²) in [5.41, 5.74) is 1.08. The first kappa shape index (κ1) is 15.6. The van der Waals surface area contributed by atoms with Gasteiger partial charge in [-0.05, 0) is 31.9 Å². The van der Waals surface area contributed by atoms with Gasteiger partial charge in [-0.15, -0.1) is 0 Å². The Balaban J connectivity index is 1.88. The fraction of sp³-hybridized carbons (Fsp3) is 0.625. The van der Waals surface area contributed by atoms with E-state index in [-0.39, 0.29) is 11.6 Å². The van der Waals surface area contributed by atoms with Crippen LogP contribution in [0.2, 0.25) is 0 Å². The van der Waals surface area contributed by atoms with Gasteiger partial charge < -0.3 is 15.1 Å². The van der Waals surface area contributed by atoms with Crippen LogP contribution in [0.5, 0.6) is 0 Å². The minimum atomic E-state index is -0.0979. The molecule has 0 saturated carbocycles. The predicted molar refractivity (Wildman–Crippen MR) is 85.5 cm³/mol. The highest BCUT2D eigenvalue weighted by molar-refractivity contribution is 5.75. The number of aromatic nitrogens is 1. The van der Waals surface area contributed by atoms with Crippen molar-refractivity contribution in [2.75, 3.05) is 31.1 Å². The number of piperazine rings is 1. The van der Waals surface area contributed by atoms with Crippen molar-refractivity contribution in [2.45, 2.75) is 39.2 Å². The second-order valence-corrected chi connectivity index (χ2v) is 5.88. The summed E-state index contributed by atoms with van der Waals surface area (Å²) in [5, 5.41) is 3.18. The quantitative estimate of drug-likeness (QED) is 0.927. The van der Waals surface area contributed by atoms with E-state index in [2.05, 4.69) is 36.0 Å². The fourth-order valence-corrected chi connectivity index (χ4v) is 2.49. The molecule has 116 valence electrons. The van der Waals surface area contributed by atoms with E-state index < -0.39 is 0 Å². The van der Waals surface area contributed by atoms with Crippen LogP contribution in [-0.2, 0) is 0 Å². The number of hydrogen-bond acceptors (Lipinski definition) is 3. The molecular weight excluding hydrogens is 264 g/mol. The zero-order chi connectivity index (χ0) is 15.3. The van der Waals surface area contributed by atoms with Crippen molar-refractivity contribution in [3.63, 3.8) is 0 Å². The van der Waals surface area contributed by atoms with E-state index in [1.54, 1.807) is 0 Å². The molecule has 0 radical (unpaired) electrons. The smallest absolute Gasteiger partial charge is 0.317 e. The maximum atomic E-state index is 12.4. The Kier molecular flexibility index (Phi) is 5.04. The molecule has 2 rings (SSSR count). The zero-order valence-corrected chi connectivity index (χ0v) is 13.3. The summed E-state index contributed by atoms with van der Waals surface area (Å²) in [6, 6.07) is 4.10. The van der Waals surface area contributed by atoms with Gasteiger partial charge in [0.15, 0.2) is 0 Å². The van der Waals surface area contributed by atoms with Crippen LogP contribution < -0.4 is 10.2 Å². The minimum absolute atomic E-state index is 0.0654. The lowest BCUT2D eigenvalue weighted by Crippen LogP contribution is -2.56. The number of nitrogens with zero attached hydrogens (tertiary/aromatic N) is 3. The summed E-state index contributed by atoms with van der Waals surface area (Å²) in [7, 11) is 0. The van der Waals surface area contributed by atoms with E-state index >= 15 is 0 Å². The number of anilines is 1. The molecule has 2 heterocycles. The number of carbonyl (C=O) groups excluding carboxylic acids is 1. The molecule has 1 saturated heterocycles. The third-order valence-corrected chi connectivity index (χ3v) is 4.56. The first-order valence-electron chi connectivity index (χ1n) is 7.80. The van der Waals surface area contributed by atoms with Crippen LogP contribution in [-0.4, -0.2) is 47.6 Å². The van der Waals surface area contributed by atoms with Gasteiger partial charge in [-0.2, -0.15) is 0 Å². The van der Waals surface area contributed by atoms with Gasteiger partial charge in [-0.25, -0.2) is 4.79 Å². The van der Waals surface area contributed by atoms with Crippen LogP contribution in [0, 0.1) is 0 Å². The van der Waals surface area contributed by atoms with E-state index in [0.29, 0.717) is 0 Å². The minimum Gasteiger partial charge on any atom is -0.368 e. The van der Waals surface area contributed by atoms with Gasteiger partial charge in [0.2, 0.25) is 0 Å². The second kappa shape index (κ2) is 6.78. The lowest BCUT2D eigenvalue weighted by atomic mass is 9.96. The number of rotatable bonds is 4. The molecular formula is C16H26N4O. The van der Waals surface area contributed by atoms with Crippen molar-refractivity contribution in [2.24, 2.45) is 0 Å². The van der Waals surface area contributed by atoms with Crippen molar-refractivity contribution in [3.8, 4) is 0 Å². The van der Waals surface area contributed by atoms with Gasteiger partial charge in [-0.1, -0.05) is 13.8 Å². The summed E-state index contributed by atoms with van der Waals surface area (Å²) < 4.78 is 0. The van der Waals surface area contributed by atoms with Crippen molar-refractivity contribution >= 4 is 11.7 Å². The molecule has 1 aliphatic heterocycles. The van der Waals surface area contributed by atoms with Crippen LogP contribution in [0.25, 0.3) is 0 Å². The molecule has 1 N–H and O–H groups in total. The SMILES string of the molecule is CCC(C)(CC)NC(=O)N1CCN(c2ccncc2)CC1. The topological polar surface area (TPSA) is 48.5 Å². The zero-order valence-electron chi connectivity index (χ0n) is 13.3. The van der Waals surface area contributed by atoms with Gasteiger partial charge in [0, 0.05) is 49.8 Å². The maximum Gasteiger partial charge on any atom is 0.317 e. The Bertz CT molecular complexity index is 451. The average Bonchev–Trinajstić information content (AvgIpc) is 2.55. The Morgan fingerprint density at radius 3 is 2.29 bits per heavy atom. The summed E-state index contributed by atoms with van der Waals surface area (Å²) in [6.45, 7) is 9.60. The Labute approximate surface area is 127 Å². The molecule has 21 heavy (non-hydrogen) atoms. The van der Waals surface area contributed by atoms with Gasteiger partial charge in [0.05, 0.1) is 0 Å². The molecule has 0 aromatic carbocycles. The van der Waals surface area contributed by atoms with Crippen LogP contribution in [0.4, 0.5) is 10.5 Å². The molecule has 0 aliphatic carbocycles. The fourth-order valence-electron chi connectivity index (χ4n) is 2.49. The molecule has 1 aromatic rings. The van der Waals surface area contributed by atoms with Gasteiger partial charge in [-0.3, -0.25) is 4.98 Å². The molecule has 0 spiro atoms. The predicted octanol–water partition coefficient (Wildman–Crippen LogP) is 2.49. The Morgan fingerprint density at radius 2 is 1.76 bits per heavy atom. The van der Waals surface area contributed by atoms with E-state index in [1.807, 2.05) is 29.4 Å². The second-order valence-electron chi connectivity index (χ2n) is 5.88. The van der Waals surface area contributed by atoms with E-state index in [0.717, 1.165) is 39.0 Å². The molecule has 0 bridgehead atoms. The first-order chi connectivity index (χ1) is 10.1. The van der Waals surface area contributed by atoms with E-state index in [1.165, 1.54) is 5.69 Å². The summed E-state index contributed by atoms with van der Waals surface area (Å²) in [5.74, 6) is 0. The normalized spacial score (nSPS) is 16.0. The van der Waals surface area contributed by atoms with Crippen molar-refractivity contribution in [1.82, 2.24) is 15.2 Å². The third kappa shape index (κ3) is 3.86. The Morgan fingerprint density at radius 1 is 1.19 bits per heavy atom. The summed E-state index contributed by atoms with van der Waals surface area (Å²) in [6.07, 6.45) is 5.52. The van der Waals surface area contributed by atoms with E-state index in [9.17, 15) is 4.79 Å². The molecule has 0 atom stereocenters. The van der Waals surface area contributed by atoms with Crippen molar-refractivity contribution in [3.05, 3.63) is 24.5 Å². The van der Waals surface area contributed by atoms with Gasteiger partial charge in [0.1, 0.15) is 0 Å². The molecule has 5 heteroatoms. The lowest BCUT2D eigenvalue weighted by Gasteiger charge is -2.38. The maximum absolute atomic E-state index is 12.4. The number of amides is 2. The number of carbonyl (C=O) groups is 1. The average molecular weight is 290 g/mol. The highest BCUT2D eigenvalue weighted by Crippen LogP contribution is 2.17. The van der Waals surface area contributed by atoms with E-state index in [4.69, 9.17) is 0 Å². The molecule has 1 aliphatic rings. The summed E-state index contributed by atoms with van der Waals surface area (Å²) in [4.78, 5) is 20.6. The Hall–Kier alpha value is -1.78. The van der Waals surface area contributed by atoms with Crippen LogP contribution in [0.3, 0.4) is 0 Å². The van der Waals surface area contributed by atoms with Crippen LogP contribution in [0.15, 0.2) is 24.5 Å². The lowest BCUT2D eigenvalue weighted by molar-refractivity contribution is 0.179. The molecule has 1 aromatic heterocycles. The van der Waals surface area contributed by atoms with Crippen LogP contribution >= 0.6 is 0 Å². The monoisotopic (exact) mass is 290 g/mol. The van der Waals surface area contributed by atoms with Crippen molar-refractivity contribution in [1.29, 1.82) is 0 Å². The first-order valence-corrected chi connectivity index (χ1v) is 7.80. The summed E-state index contributed by atoms with van der Waals surface area (Å²) >= 11 is 0. The molecule has 0 unspecified atom stereocenters. The largest absolute Gasteiger partial charge is 0.368 e. The highest BCUT2D eigenvalue weighted by Gasteiger charge is 2.27.